The van der Waals surface area contributed by atoms with E-state index in [0.29, 0.717) is 5.75 Å². The van der Waals surface area contributed by atoms with E-state index in [4.69, 9.17) is 9.84 Å². The second-order valence-corrected chi connectivity index (χ2v) is 2.03. The molecule has 0 aliphatic heterocycles. The summed E-state index contributed by atoms with van der Waals surface area (Å²) >= 11 is 0. The molecule has 1 aromatic carbocycles. The predicted molar refractivity (Wildman–Crippen MR) is 48.3 cm³/mol. The zero-order chi connectivity index (χ0) is 10.3. The van der Waals surface area contributed by atoms with Crippen molar-refractivity contribution in [3.8, 4) is 5.75 Å². The highest BCUT2D eigenvalue weighted by Crippen LogP contribution is 2.10. The van der Waals surface area contributed by atoms with E-state index in [1.807, 2.05) is 0 Å². The molecule has 1 aromatic rings. The molecule has 0 unspecified atom stereocenters. The number of rotatable bonds is 2. The maximum atomic E-state index is 10.4. The number of carbonyl (C=O) groups is 1. The van der Waals surface area contributed by atoms with Gasteiger partial charge in [-0.15, -0.1) is 0 Å². The lowest BCUT2D eigenvalue weighted by molar-refractivity contribution is 0.0697. The third kappa shape index (κ3) is 3.55. The fourth-order valence-electron chi connectivity index (χ4n) is 0.734. The first-order chi connectivity index (χ1) is 6.24. The maximum Gasteiger partial charge on any atom is 0.335 e. The van der Waals surface area contributed by atoms with Crippen LogP contribution in [0, 0.1) is 0 Å². The number of nitrogens with two attached hydrogens (primary N) is 2. The summed E-state index contributed by atoms with van der Waals surface area (Å²) in [4.78, 5) is 10.4. The van der Waals surface area contributed by atoms with Gasteiger partial charge in [0.1, 0.15) is 5.75 Å². The van der Waals surface area contributed by atoms with Gasteiger partial charge in [-0.3, -0.25) is 11.7 Å². The summed E-state index contributed by atoms with van der Waals surface area (Å²) in [6.45, 7) is 0. The van der Waals surface area contributed by atoms with Crippen molar-refractivity contribution in [2.24, 2.45) is 11.7 Å². The van der Waals surface area contributed by atoms with Crippen molar-refractivity contribution in [3.05, 3.63) is 29.8 Å². The minimum Gasteiger partial charge on any atom is -0.497 e. The first-order valence-corrected chi connectivity index (χ1v) is 3.44. The van der Waals surface area contributed by atoms with Crippen LogP contribution in [0.25, 0.3) is 0 Å². The van der Waals surface area contributed by atoms with Crippen molar-refractivity contribution in [2.75, 3.05) is 7.11 Å². The van der Waals surface area contributed by atoms with Crippen LogP contribution in [0.3, 0.4) is 0 Å². The molecule has 0 aliphatic rings. The Kier molecular flexibility index (Phi) is 5.25. The standard InChI is InChI=1S/C8H8O3.H4N2/c1-11-7-4-2-6(3-5-7)8(9)10;1-2/h2-5H,1H3,(H,9,10);1-2H2. The second kappa shape index (κ2) is 5.99. The fraction of sp³-hybridized carbons (Fsp3) is 0.125. The van der Waals surface area contributed by atoms with Crippen LogP contribution in [0.1, 0.15) is 10.4 Å². The summed E-state index contributed by atoms with van der Waals surface area (Å²) in [5.41, 5.74) is 0.269. The number of hydrazine groups is 1. The van der Waals surface area contributed by atoms with Gasteiger partial charge in [-0.2, -0.15) is 0 Å². The number of methoxy groups -OCH3 is 1. The summed E-state index contributed by atoms with van der Waals surface area (Å²) in [6.07, 6.45) is 0. The summed E-state index contributed by atoms with van der Waals surface area (Å²) in [5, 5.41) is 8.51. The quantitative estimate of drug-likeness (QED) is 0.451. The first-order valence-electron chi connectivity index (χ1n) is 3.44. The average molecular weight is 184 g/mol. The third-order valence-corrected chi connectivity index (χ3v) is 1.34. The molecular weight excluding hydrogens is 172 g/mol. The van der Waals surface area contributed by atoms with Crippen LogP contribution in [-0.4, -0.2) is 18.2 Å². The lowest BCUT2D eigenvalue weighted by Gasteiger charge is -1.98. The van der Waals surface area contributed by atoms with Gasteiger partial charge in [-0.05, 0) is 24.3 Å². The third-order valence-electron chi connectivity index (χ3n) is 1.34. The highest BCUT2D eigenvalue weighted by Gasteiger charge is 2.00. The lowest BCUT2D eigenvalue weighted by atomic mass is 10.2. The van der Waals surface area contributed by atoms with Crippen molar-refractivity contribution in [1.29, 1.82) is 0 Å². The topological polar surface area (TPSA) is 98.6 Å². The number of benzene rings is 1. The molecule has 5 heteroatoms. The van der Waals surface area contributed by atoms with E-state index >= 15 is 0 Å². The molecule has 0 fully saturated rings. The monoisotopic (exact) mass is 184 g/mol. The highest BCUT2D eigenvalue weighted by atomic mass is 16.5. The van der Waals surface area contributed by atoms with Crippen molar-refractivity contribution < 1.29 is 14.6 Å². The van der Waals surface area contributed by atoms with E-state index in [2.05, 4.69) is 11.7 Å². The minimum atomic E-state index is -0.923. The molecule has 0 amide bonds. The molecule has 0 atom stereocenters. The van der Waals surface area contributed by atoms with Crippen LogP contribution in [0.15, 0.2) is 24.3 Å². The van der Waals surface area contributed by atoms with Gasteiger partial charge < -0.3 is 9.84 Å². The average Bonchev–Trinajstić information content (AvgIpc) is 2.21. The van der Waals surface area contributed by atoms with E-state index < -0.39 is 5.97 Å². The van der Waals surface area contributed by atoms with Crippen molar-refractivity contribution in [2.45, 2.75) is 0 Å². The molecule has 5 nitrogen and oxygen atoms in total. The van der Waals surface area contributed by atoms with Crippen LogP contribution < -0.4 is 16.4 Å². The normalized spacial score (nSPS) is 8.23. The van der Waals surface area contributed by atoms with Gasteiger partial charge in [0.2, 0.25) is 0 Å². The summed E-state index contributed by atoms with van der Waals surface area (Å²) in [7, 11) is 1.54. The van der Waals surface area contributed by atoms with Gasteiger partial charge in [0, 0.05) is 0 Å². The molecule has 0 aliphatic carbocycles. The van der Waals surface area contributed by atoms with Gasteiger partial charge in [-0.1, -0.05) is 0 Å². The smallest absolute Gasteiger partial charge is 0.335 e. The zero-order valence-electron chi connectivity index (χ0n) is 7.23. The summed E-state index contributed by atoms with van der Waals surface area (Å²) in [6, 6.07) is 6.23. The van der Waals surface area contributed by atoms with Gasteiger partial charge in [0.05, 0.1) is 12.7 Å². The van der Waals surface area contributed by atoms with Crippen LogP contribution in [0.2, 0.25) is 0 Å². The zero-order valence-corrected chi connectivity index (χ0v) is 7.23. The Morgan fingerprint density at radius 3 is 2.08 bits per heavy atom. The van der Waals surface area contributed by atoms with E-state index in [1.54, 1.807) is 12.1 Å². The molecule has 0 bridgehead atoms. The fourth-order valence-corrected chi connectivity index (χ4v) is 0.734. The number of hydrogen-bond acceptors (Lipinski definition) is 4. The van der Waals surface area contributed by atoms with Gasteiger partial charge in [0.15, 0.2) is 0 Å². The second-order valence-electron chi connectivity index (χ2n) is 2.03. The number of aromatic carboxylic acids is 1. The van der Waals surface area contributed by atoms with Crippen molar-refractivity contribution >= 4 is 5.97 Å². The van der Waals surface area contributed by atoms with Crippen molar-refractivity contribution in [1.82, 2.24) is 0 Å². The minimum absolute atomic E-state index is 0.269. The lowest BCUT2D eigenvalue weighted by Crippen LogP contribution is -2.02. The molecule has 0 saturated heterocycles. The molecule has 0 spiro atoms. The molecule has 0 radical (unpaired) electrons. The van der Waals surface area contributed by atoms with E-state index in [1.165, 1.54) is 19.2 Å². The van der Waals surface area contributed by atoms with Crippen LogP contribution in [0.5, 0.6) is 5.75 Å². The molecule has 0 saturated carbocycles. The van der Waals surface area contributed by atoms with E-state index in [9.17, 15) is 4.79 Å². The molecule has 72 valence electrons. The Labute approximate surface area is 75.9 Å². The Morgan fingerprint density at radius 2 is 1.77 bits per heavy atom. The van der Waals surface area contributed by atoms with Crippen LogP contribution >= 0.6 is 0 Å². The molecule has 1 rings (SSSR count). The van der Waals surface area contributed by atoms with Crippen LogP contribution in [-0.2, 0) is 0 Å². The predicted octanol–water partition coefficient (Wildman–Crippen LogP) is 0.212. The number of carboxylic acids is 1. The maximum absolute atomic E-state index is 10.4. The Hall–Kier alpha value is -1.59. The number of hydrogen-bond donors (Lipinski definition) is 3. The van der Waals surface area contributed by atoms with E-state index in [-0.39, 0.29) is 5.56 Å². The summed E-state index contributed by atoms with van der Waals surface area (Å²) in [5.74, 6) is 7.74. The molecule has 13 heavy (non-hydrogen) atoms. The largest absolute Gasteiger partial charge is 0.497 e. The van der Waals surface area contributed by atoms with Gasteiger partial charge in [-0.25, -0.2) is 4.79 Å². The molecular formula is C8H12N2O3. The molecule has 5 N–H and O–H groups in total. The number of carboxylic acid groups (broad SMARTS) is 1. The highest BCUT2D eigenvalue weighted by molar-refractivity contribution is 5.87. The van der Waals surface area contributed by atoms with Crippen molar-refractivity contribution in [3.63, 3.8) is 0 Å². The SMILES string of the molecule is COc1ccc(C(=O)O)cc1.NN. The Morgan fingerprint density at radius 1 is 1.31 bits per heavy atom. The first kappa shape index (κ1) is 11.4. The molecule has 0 heterocycles. The van der Waals surface area contributed by atoms with Gasteiger partial charge in [0.25, 0.3) is 0 Å². The Balaban J connectivity index is 0.000000671. The van der Waals surface area contributed by atoms with E-state index in [0.717, 1.165) is 0 Å². The molecule has 0 aromatic heterocycles. The van der Waals surface area contributed by atoms with Crippen LogP contribution in [0.4, 0.5) is 0 Å². The summed E-state index contributed by atoms with van der Waals surface area (Å²) < 4.78 is 4.86. The number of ether oxygens (including phenoxy) is 1. The van der Waals surface area contributed by atoms with Gasteiger partial charge >= 0.3 is 5.97 Å². The Bertz CT molecular complexity index is 259.